The van der Waals surface area contributed by atoms with Crippen molar-refractivity contribution in [1.82, 2.24) is 25.1 Å². The lowest BCUT2D eigenvalue weighted by Gasteiger charge is -2.22. The normalized spacial score (nSPS) is 13.9. The number of nitrogens with one attached hydrogen (secondary N) is 1. The number of amides is 2. The van der Waals surface area contributed by atoms with Crippen molar-refractivity contribution in [2.45, 2.75) is 24.2 Å². The first-order valence-electron chi connectivity index (χ1n) is 15.4. The number of nitrogens with zero attached hydrogens (tertiary/aromatic N) is 5. The molecule has 13 heteroatoms. The largest absolute Gasteiger partial charge is 0.497 e. The van der Waals surface area contributed by atoms with Crippen LogP contribution in [0.2, 0.25) is 0 Å². The van der Waals surface area contributed by atoms with Crippen LogP contribution in [0.4, 0.5) is 4.39 Å². The third kappa shape index (κ3) is 7.90. The van der Waals surface area contributed by atoms with Crippen molar-refractivity contribution >= 4 is 29.3 Å². The molecule has 1 aromatic heterocycles. The van der Waals surface area contributed by atoms with Crippen molar-refractivity contribution in [3.05, 3.63) is 126 Å². The van der Waals surface area contributed by atoms with E-state index in [1.807, 2.05) is 60.7 Å². The van der Waals surface area contributed by atoms with Gasteiger partial charge < -0.3 is 19.5 Å². The van der Waals surface area contributed by atoms with E-state index in [4.69, 9.17) is 19.3 Å². The Hall–Kier alpha value is -5.69. The molecule has 0 spiro atoms. The molecule has 2 heterocycles. The average molecular weight is 681 g/mol. The number of benzene rings is 4. The summed E-state index contributed by atoms with van der Waals surface area (Å²) in [7, 11) is 3.16. The second kappa shape index (κ2) is 15.5. The van der Waals surface area contributed by atoms with E-state index in [0.717, 1.165) is 16.8 Å². The van der Waals surface area contributed by atoms with Crippen molar-refractivity contribution in [2.75, 3.05) is 26.6 Å². The monoisotopic (exact) mass is 680 g/mol. The third-order valence-corrected chi connectivity index (χ3v) is 8.67. The zero-order valence-electron chi connectivity index (χ0n) is 26.8. The summed E-state index contributed by atoms with van der Waals surface area (Å²) in [5.41, 5.74) is 2.98. The number of methoxy groups -OCH3 is 2. The van der Waals surface area contributed by atoms with Gasteiger partial charge in [0.05, 0.1) is 44.0 Å². The molecular formula is C36H33FN6O5S. The third-order valence-electron chi connectivity index (χ3n) is 7.75. The van der Waals surface area contributed by atoms with E-state index in [0.29, 0.717) is 40.3 Å². The quantitative estimate of drug-likeness (QED) is 0.160. The summed E-state index contributed by atoms with van der Waals surface area (Å²) in [6, 6.07) is 29.5. The Labute approximate surface area is 286 Å². The zero-order valence-corrected chi connectivity index (χ0v) is 27.6. The predicted octanol–water partition coefficient (Wildman–Crippen LogP) is 5.59. The molecule has 0 radical (unpaired) electrons. The Bertz CT molecular complexity index is 1940. The number of rotatable bonds is 13. The Morgan fingerprint density at radius 3 is 2.35 bits per heavy atom. The SMILES string of the molecule is COc1ccc(C2=NN(C(=O)CSc3nnc(CNC(=O)COc4ccccc4)n3-c3ccccc3OC)C(c3ccc(F)cc3)C2)cc1. The van der Waals surface area contributed by atoms with Gasteiger partial charge >= 0.3 is 0 Å². The molecule has 4 aromatic carbocycles. The maximum absolute atomic E-state index is 13.9. The standard InChI is InChI=1S/C36H33FN6O5S/c1-46-27-18-14-24(15-19-27)29-20-31(25-12-16-26(37)17-13-25)43(41-29)35(45)23-49-36-40-39-33(42(36)30-10-6-7-11-32(30)47-2)21-38-34(44)22-48-28-8-4-3-5-9-28/h3-19,31H,20-23H2,1-2H3,(H,38,44). The Kier molecular flexibility index (Phi) is 10.5. The van der Waals surface area contributed by atoms with E-state index in [9.17, 15) is 14.0 Å². The summed E-state index contributed by atoms with van der Waals surface area (Å²) >= 11 is 1.18. The van der Waals surface area contributed by atoms with Gasteiger partial charge in [0.25, 0.3) is 11.8 Å². The molecule has 0 bridgehead atoms. The highest BCUT2D eigenvalue weighted by Crippen LogP contribution is 2.35. The van der Waals surface area contributed by atoms with Gasteiger partial charge in [-0.15, -0.1) is 10.2 Å². The van der Waals surface area contributed by atoms with Crippen LogP contribution in [0.15, 0.2) is 113 Å². The van der Waals surface area contributed by atoms with Crippen LogP contribution < -0.4 is 19.5 Å². The van der Waals surface area contributed by atoms with Crippen molar-refractivity contribution < 1.29 is 28.2 Å². The van der Waals surface area contributed by atoms with E-state index >= 15 is 0 Å². The summed E-state index contributed by atoms with van der Waals surface area (Å²) in [6.45, 7) is -0.127. The van der Waals surface area contributed by atoms with Crippen LogP contribution in [0, 0.1) is 5.82 Å². The van der Waals surface area contributed by atoms with E-state index < -0.39 is 6.04 Å². The molecule has 1 aliphatic rings. The molecule has 250 valence electrons. The fourth-order valence-corrected chi connectivity index (χ4v) is 6.11. The van der Waals surface area contributed by atoms with Gasteiger partial charge in [-0.25, -0.2) is 9.40 Å². The van der Waals surface area contributed by atoms with Crippen LogP contribution in [0.1, 0.15) is 29.4 Å². The number of aromatic nitrogens is 3. The highest BCUT2D eigenvalue weighted by Gasteiger charge is 2.33. The first-order valence-corrected chi connectivity index (χ1v) is 16.4. The van der Waals surface area contributed by atoms with Crippen LogP contribution in [0.25, 0.3) is 5.69 Å². The summed E-state index contributed by atoms with van der Waals surface area (Å²) < 4.78 is 32.0. The smallest absolute Gasteiger partial charge is 0.258 e. The predicted molar refractivity (Wildman–Crippen MR) is 183 cm³/mol. The number of hydrogen-bond acceptors (Lipinski definition) is 9. The second-order valence-corrected chi connectivity index (χ2v) is 11.8. The fourth-order valence-electron chi connectivity index (χ4n) is 5.29. The first kappa shape index (κ1) is 33.2. The fraction of sp³-hybridized carbons (Fsp3) is 0.194. The number of thioether (sulfide) groups is 1. The molecular weight excluding hydrogens is 647 g/mol. The van der Waals surface area contributed by atoms with Gasteiger partial charge in [-0.2, -0.15) is 5.10 Å². The van der Waals surface area contributed by atoms with Crippen LogP contribution in [-0.2, 0) is 16.1 Å². The minimum Gasteiger partial charge on any atom is -0.497 e. The summed E-state index contributed by atoms with van der Waals surface area (Å²) in [5.74, 6) is 1.27. The topological polar surface area (TPSA) is 120 Å². The average Bonchev–Trinajstić information content (AvgIpc) is 3.78. The molecule has 1 atom stereocenters. The first-order chi connectivity index (χ1) is 23.9. The summed E-state index contributed by atoms with van der Waals surface area (Å²) in [5, 5.41) is 18.2. The van der Waals surface area contributed by atoms with E-state index in [1.165, 1.54) is 28.9 Å². The lowest BCUT2D eigenvalue weighted by atomic mass is 9.98. The molecule has 0 saturated heterocycles. The molecule has 6 rings (SSSR count). The van der Waals surface area contributed by atoms with E-state index in [1.54, 1.807) is 49.1 Å². The Morgan fingerprint density at radius 2 is 1.61 bits per heavy atom. The molecule has 1 unspecified atom stereocenters. The Morgan fingerprint density at radius 1 is 0.878 bits per heavy atom. The number of halogens is 1. The molecule has 0 aliphatic carbocycles. The highest BCUT2D eigenvalue weighted by atomic mass is 32.2. The second-order valence-electron chi connectivity index (χ2n) is 10.9. The van der Waals surface area contributed by atoms with Gasteiger partial charge in [0.15, 0.2) is 17.6 Å². The van der Waals surface area contributed by atoms with Gasteiger partial charge in [-0.3, -0.25) is 14.2 Å². The van der Waals surface area contributed by atoms with E-state index in [-0.39, 0.29) is 36.5 Å². The number of ether oxygens (including phenoxy) is 3. The van der Waals surface area contributed by atoms with E-state index in [2.05, 4.69) is 15.5 Å². The number of hydrazone groups is 1. The van der Waals surface area contributed by atoms with Gasteiger partial charge in [0.2, 0.25) is 0 Å². The minimum absolute atomic E-state index is 0.0261. The highest BCUT2D eigenvalue weighted by molar-refractivity contribution is 7.99. The van der Waals surface area contributed by atoms with Crippen molar-refractivity contribution in [2.24, 2.45) is 5.10 Å². The molecule has 1 aliphatic heterocycles. The number of carbonyl (C=O) groups is 2. The molecule has 1 N–H and O–H groups in total. The number of carbonyl (C=O) groups excluding carboxylic acids is 2. The molecule has 11 nitrogen and oxygen atoms in total. The van der Waals surface area contributed by atoms with Gasteiger partial charge in [0.1, 0.15) is 23.1 Å². The van der Waals surface area contributed by atoms with Crippen molar-refractivity contribution in [1.29, 1.82) is 0 Å². The molecule has 0 saturated carbocycles. The van der Waals surface area contributed by atoms with Crippen LogP contribution in [-0.4, -0.2) is 63.9 Å². The summed E-state index contributed by atoms with van der Waals surface area (Å²) in [4.78, 5) is 26.5. The molecule has 49 heavy (non-hydrogen) atoms. The molecule has 5 aromatic rings. The lowest BCUT2D eigenvalue weighted by Crippen LogP contribution is -2.29. The van der Waals surface area contributed by atoms with Gasteiger partial charge in [0, 0.05) is 6.42 Å². The van der Waals surface area contributed by atoms with Crippen LogP contribution in [0.3, 0.4) is 0 Å². The number of para-hydroxylation sites is 3. The zero-order chi connectivity index (χ0) is 34.2. The molecule has 2 amide bonds. The van der Waals surface area contributed by atoms with Crippen LogP contribution in [0.5, 0.6) is 17.2 Å². The van der Waals surface area contributed by atoms with Gasteiger partial charge in [-0.1, -0.05) is 54.2 Å². The minimum atomic E-state index is -0.429. The summed E-state index contributed by atoms with van der Waals surface area (Å²) in [6.07, 6.45) is 0.448. The maximum Gasteiger partial charge on any atom is 0.258 e. The van der Waals surface area contributed by atoms with Gasteiger partial charge in [-0.05, 0) is 71.8 Å². The Balaban J connectivity index is 1.22. The van der Waals surface area contributed by atoms with Crippen molar-refractivity contribution in [3.63, 3.8) is 0 Å². The molecule has 0 fully saturated rings. The lowest BCUT2D eigenvalue weighted by molar-refractivity contribution is -0.130. The van der Waals surface area contributed by atoms with Crippen LogP contribution >= 0.6 is 11.8 Å². The number of hydrogen-bond donors (Lipinski definition) is 1. The van der Waals surface area contributed by atoms with Crippen molar-refractivity contribution in [3.8, 4) is 22.9 Å². The maximum atomic E-state index is 13.9.